The molecular weight excluding hydrogens is 228 g/mol. The molecule has 1 rings (SSSR count). The van der Waals surface area contributed by atoms with Crippen molar-refractivity contribution in [2.75, 3.05) is 30.4 Å². The number of aliphatic hydroxyl groups is 1. The van der Waals surface area contributed by atoms with E-state index in [9.17, 15) is 5.11 Å². The molecule has 0 bridgehead atoms. The zero-order valence-electron chi connectivity index (χ0n) is 9.09. The van der Waals surface area contributed by atoms with Crippen molar-refractivity contribution in [3.8, 4) is 0 Å². The van der Waals surface area contributed by atoms with Crippen molar-refractivity contribution in [1.82, 2.24) is 9.97 Å². The van der Waals surface area contributed by atoms with E-state index in [0.29, 0.717) is 35.8 Å². The molecule has 1 atom stereocenters. The van der Waals surface area contributed by atoms with Gasteiger partial charge < -0.3 is 21.3 Å². The molecule has 90 valence electrons. The van der Waals surface area contributed by atoms with Gasteiger partial charge >= 0.3 is 0 Å². The first-order valence-electron chi connectivity index (χ1n) is 4.90. The second-order valence-corrected chi connectivity index (χ2v) is 4.11. The number of nitrogen functional groups attached to an aromatic ring is 2. The SMILES string of the molecule is CCOCC(O)CSc1nc(N)cc(N)n1. The van der Waals surface area contributed by atoms with Crippen LogP contribution in [0.1, 0.15) is 6.92 Å². The smallest absolute Gasteiger partial charge is 0.191 e. The molecule has 0 radical (unpaired) electrons. The Morgan fingerprint density at radius 2 is 2.06 bits per heavy atom. The first-order chi connectivity index (χ1) is 7.61. The van der Waals surface area contributed by atoms with Gasteiger partial charge in [0.05, 0.1) is 12.7 Å². The van der Waals surface area contributed by atoms with Crippen LogP contribution in [-0.2, 0) is 4.74 Å². The highest BCUT2D eigenvalue weighted by atomic mass is 32.2. The summed E-state index contributed by atoms with van der Waals surface area (Å²) in [5, 5.41) is 9.98. The number of anilines is 2. The van der Waals surface area contributed by atoms with E-state index in [-0.39, 0.29) is 0 Å². The normalized spacial score (nSPS) is 12.6. The van der Waals surface area contributed by atoms with Crippen molar-refractivity contribution in [1.29, 1.82) is 0 Å². The van der Waals surface area contributed by atoms with Gasteiger partial charge in [0, 0.05) is 18.4 Å². The van der Waals surface area contributed by atoms with E-state index in [1.807, 2.05) is 6.92 Å². The summed E-state index contributed by atoms with van der Waals surface area (Å²) in [6.07, 6.45) is -0.545. The van der Waals surface area contributed by atoms with Crippen molar-refractivity contribution in [2.24, 2.45) is 0 Å². The number of hydrogen-bond donors (Lipinski definition) is 3. The van der Waals surface area contributed by atoms with Crippen molar-refractivity contribution in [3.05, 3.63) is 6.07 Å². The second kappa shape index (κ2) is 6.51. The number of aliphatic hydroxyl groups excluding tert-OH is 1. The Morgan fingerprint density at radius 3 is 2.62 bits per heavy atom. The molecule has 0 aliphatic carbocycles. The molecule has 0 saturated heterocycles. The summed E-state index contributed by atoms with van der Waals surface area (Å²) in [6.45, 7) is 2.77. The van der Waals surface area contributed by atoms with Gasteiger partial charge in [-0.2, -0.15) is 0 Å². The molecule has 0 amide bonds. The van der Waals surface area contributed by atoms with Crippen molar-refractivity contribution < 1.29 is 9.84 Å². The lowest BCUT2D eigenvalue weighted by Gasteiger charge is -2.09. The highest BCUT2D eigenvalue weighted by molar-refractivity contribution is 7.99. The number of ether oxygens (including phenoxy) is 1. The topological polar surface area (TPSA) is 107 Å². The fourth-order valence-electron chi connectivity index (χ4n) is 0.999. The number of thioether (sulfide) groups is 1. The minimum atomic E-state index is -0.545. The second-order valence-electron chi connectivity index (χ2n) is 3.12. The summed E-state index contributed by atoms with van der Waals surface area (Å²) in [4.78, 5) is 7.97. The van der Waals surface area contributed by atoms with Crippen molar-refractivity contribution in [3.63, 3.8) is 0 Å². The van der Waals surface area contributed by atoms with Crippen LogP contribution in [0.4, 0.5) is 11.6 Å². The van der Waals surface area contributed by atoms with E-state index in [0.717, 1.165) is 0 Å². The number of hydrogen-bond acceptors (Lipinski definition) is 7. The molecule has 0 aliphatic heterocycles. The first-order valence-corrected chi connectivity index (χ1v) is 5.89. The molecule has 0 aromatic carbocycles. The van der Waals surface area contributed by atoms with Crippen molar-refractivity contribution in [2.45, 2.75) is 18.2 Å². The zero-order chi connectivity index (χ0) is 12.0. The molecule has 0 aliphatic rings. The summed E-state index contributed by atoms with van der Waals surface area (Å²) in [5.74, 6) is 1.10. The van der Waals surface area contributed by atoms with Crippen LogP contribution in [-0.4, -0.2) is 40.1 Å². The Labute approximate surface area is 98.4 Å². The maximum Gasteiger partial charge on any atom is 0.191 e. The third-order valence-electron chi connectivity index (χ3n) is 1.66. The van der Waals surface area contributed by atoms with E-state index in [2.05, 4.69) is 9.97 Å². The summed E-state index contributed by atoms with van der Waals surface area (Å²) < 4.78 is 5.08. The fraction of sp³-hybridized carbons (Fsp3) is 0.556. The lowest BCUT2D eigenvalue weighted by Crippen LogP contribution is -2.18. The van der Waals surface area contributed by atoms with Gasteiger partial charge in [-0.25, -0.2) is 9.97 Å². The molecule has 0 spiro atoms. The number of nitrogens with two attached hydrogens (primary N) is 2. The van der Waals surface area contributed by atoms with Crippen LogP contribution in [0.25, 0.3) is 0 Å². The molecule has 16 heavy (non-hydrogen) atoms. The molecule has 1 heterocycles. The molecule has 1 aromatic heterocycles. The van der Waals surface area contributed by atoms with Crippen LogP contribution in [0, 0.1) is 0 Å². The van der Waals surface area contributed by atoms with Crippen LogP contribution >= 0.6 is 11.8 Å². The van der Waals surface area contributed by atoms with Gasteiger partial charge in [0.25, 0.3) is 0 Å². The molecule has 1 unspecified atom stereocenters. The quantitative estimate of drug-likeness (QED) is 0.482. The Bertz CT molecular complexity index is 317. The van der Waals surface area contributed by atoms with Crippen LogP contribution < -0.4 is 11.5 Å². The Balaban J connectivity index is 2.41. The number of aromatic nitrogens is 2. The summed E-state index contributed by atoms with van der Waals surface area (Å²) in [6, 6.07) is 1.49. The highest BCUT2D eigenvalue weighted by Crippen LogP contribution is 2.17. The van der Waals surface area contributed by atoms with Crippen LogP contribution in [0.15, 0.2) is 11.2 Å². The maximum absolute atomic E-state index is 9.52. The minimum Gasteiger partial charge on any atom is -0.390 e. The molecule has 5 N–H and O–H groups in total. The monoisotopic (exact) mass is 244 g/mol. The zero-order valence-corrected chi connectivity index (χ0v) is 9.91. The van der Waals surface area contributed by atoms with Gasteiger partial charge in [-0.1, -0.05) is 11.8 Å². The van der Waals surface area contributed by atoms with E-state index in [1.54, 1.807) is 0 Å². The molecule has 1 aromatic rings. The lowest BCUT2D eigenvalue weighted by molar-refractivity contribution is 0.0551. The van der Waals surface area contributed by atoms with E-state index >= 15 is 0 Å². The van der Waals surface area contributed by atoms with Gasteiger partial charge in [-0.05, 0) is 6.92 Å². The maximum atomic E-state index is 9.52. The third kappa shape index (κ3) is 4.65. The molecule has 6 nitrogen and oxygen atoms in total. The van der Waals surface area contributed by atoms with E-state index in [4.69, 9.17) is 16.2 Å². The van der Waals surface area contributed by atoms with Crippen molar-refractivity contribution >= 4 is 23.4 Å². The van der Waals surface area contributed by atoms with Gasteiger partial charge in [0.15, 0.2) is 5.16 Å². The van der Waals surface area contributed by atoms with Gasteiger partial charge in [-0.3, -0.25) is 0 Å². The number of nitrogens with zero attached hydrogens (tertiary/aromatic N) is 2. The predicted molar refractivity (Wildman–Crippen MR) is 64.1 cm³/mol. The predicted octanol–water partition coefficient (Wildman–Crippen LogP) is 0.131. The van der Waals surface area contributed by atoms with E-state index < -0.39 is 6.10 Å². The van der Waals surface area contributed by atoms with Gasteiger partial charge in [0.1, 0.15) is 11.6 Å². The van der Waals surface area contributed by atoms with Crippen LogP contribution in [0.3, 0.4) is 0 Å². The Kier molecular flexibility index (Phi) is 5.30. The van der Waals surface area contributed by atoms with Crippen LogP contribution in [0.5, 0.6) is 0 Å². The number of rotatable bonds is 6. The largest absolute Gasteiger partial charge is 0.390 e. The van der Waals surface area contributed by atoms with Gasteiger partial charge in [0.2, 0.25) is 0 Å². The standard InChI is InChI=1S/C9H16N4O2S/c1-2-15-4-6(14)5-16-9-12-7(10)3-8(11)13-9/h3,6,14H,2,4-5H2,1H3,(H4,10,11,12,13). The lowest BCUT2D eigenvalue weighted by atomic mass is 10.4. The summed E-state index contributed by atoms with van der Waals surface area (Å²) in [5.41, 5.74) is 11.0. The minimum absolute atomic E-state index is 0.307. The summed E-state index contributed by atoms with van der Waals surface area (Å²) >= 11 is 1.30. The average molecular weight is 244 g/mol. The van der Waals surface area contributed by atoms with Crippen LogP contribution in [0.2, 0.25) is 0 Å². The van der Waals surface area contributed by atoms with E-state index in [1.165, 1.54) is 17.8 Å². The molecule has 7 heteroatoms. The summed E-state index contributed by atoms with van der Waals surface area (Å²) in [7, 11) is 0. The molecule has 0 fully saturated rings. The fourth-order valence-corrected chi connectivity index (χ4v) is 1.78. The third-order valence-corrected chi connectivity index (χ3v) is 2.66. The average Bonchev–Trinajstić information content (AvgIpc) is 2.22. The van der Waals surface area contributed by atoms with Gasteiger partial charge in [-0.15, -0.1) is 0 Å². The Hall–Kier alpha value is -1.05. The molecule has 0 saturated carbocycles. The Morgan fingerprint density at radius 1 is 1.44 bits per heavy atom. The highest BCUT2D eigenvalue weighted by Gasteiger charge is 2.07. The first kappa shape index (κ1) is 13.0. The molecular formula is C9H16N4O2S.